The Bertz CT molecular complexity index is 550. The lowest BCUT2D eigenvalue weighted by Crippen LogP contribution is -2.42. The van der Waals surface area contributed by atoms with Gasteiger partial charge in [-0.3, -0.25) is 0 Å². The van der Waals surface area contributed by atoms with Crippen LogP contribution in [0.3, 0.4) is 0 Å². The molecule has 1 saturated carbocycles. The number of rotatable bonds is 3. The number of carbonyl (C=O) groups is 1. The van der Waals surface area contributed by atoms with Crippen molar-refractivity contribution in [3.05, 3.63) is 28.2 Å². The number of hydrogen-bond donors (Lipinski definition) is 2. The van der Waals surface area contributed by atoms with Gasteiger partial charge in [0, 0.05) is 17.1 Å². The lowest BCUT2D eigenvalue weighted by Gasteiger charge is -2.31. The number of halogens is 2. The van der Waals surface area contributed by atoms with Crippen LogP contribution < -0.4 is 10.6 Å². The van der Waals surface area contributed by atoms with Gasteiger partial charge in [0.1, 0.15) is 5.60 Å². The Morgan fingerprint density at radius 3 is 2.35 bits per heavy atom. The van der Waals surface area contributed by atoms with Crippen LogP contribution in [-0.4, -0.2) is 23.8 Å². The Hall–Kier alpha value is -1.13. The van der Waals surface area contributed by atoms with E-state index in [-0.39, 0.29) is 12.1 Å². The summed E-state index contributed by atoms with van der Waals surface area (Å²) in [7, 11) is 0. The molecular weight excluding hydrogens is 335 g/mol. The molecule has 4 nitrogen and oxygen atoms in total. The third-order valence-electron chi connectivity index (χ3n) is 3.74. The van der Waals surface area contributed by atoms with E-state index in [4.69, 9.17) is 27.9 Å². The molecule has 2 rings (SSSR count). The molecule has 1 fully saturated rings. The van der Waals surface area contributed by atoms with Gasteiger partial charge in [-0.05, 0) is 64.7 Å². The Morgan fingerprint density at radius 1 is 1.13 bits per heavy atom. The van der Waals surface area contributed by atoms with Crippen LogP contribution in [0.25, 0.3) is 0 Å². The summed E-state index contributed by atoms with van der Waals surface area (Å²) < 4.78 is 5.29. The molecule has 0 heterocycles. The quantitative estimate of drug-likeness (QED) is 0.776. The fourth-order valence-corrected chi connectivity index (χ4v) is 3.03. The summed E-state index contributed by atoms with van der Waals surface area (Å²) >= 11 is 12.2. The molecule has 6 heteroatoms. The first-order chi connectivity index (χ1) is 10.7. The summed E-state index contributed by atoms with van der Waals surface area (Å²) in [5, 5.41) is 7.72. The molecule has 1 aromatic carbocycles. The molecule has 1 aliphatic carbocycles. The maximum Gasteiger partial charge on any atom is 0.407 e. The highest BCUT2D eigenvalue weighted by molar-refractivity contribution is 6.35. The predicted octanol–water partition coefficient (Wildman–Crippen LogP) is 5.24. The van der Waals surface area contributed by atoms with Gasteiger partial charge in [-0.2, -0.15) is 0 Å². The van der Waals surface area contributed by atoms with E-state index in [1.807, 2.05) is 26.8 Å². The van der Waals surface area contributed by atoms with Crippen molar-refractivity contribution in [2.75, 3.05) is 5.32 Å². The molecular formula is C17H24Cl2N2O2. The summed E-state index contributed by atoms with van der Waals surface area (Å²) in [6.45, 7) is 5.59. The lowest BCUT2D eigenvalue weighted by atomic mass is 9.91. The van der Waals surface area contributed by atoms with Gasteiger partial charge in [0.05, 0.1) is 10.7 Å². The Balaban J connectivity index is 1.80. The number of amides is 1. The van der Waals surface area contributed by atoms with E-state index in [0.717, 1.165) is 31.4 Å². The van der Waals surface area contributed by atoms with Crippen LogP contribution in [0.5, 0.6) is 0 Å². The van der Waals surface area contributed by atoms with E-state index >= 15 is 0 Å². The SMILES string of the molecule is CC(C)(C)OC(=O)NC1CCC(Nc2cc(Cl)ccc2Cl)CC1. The van der Waals surface area contributed by atoms with Gasteiger partial charge >= 0.3 is 6.09 Å². The number of carbonyl (C=O) groups excluding carboxylic acids is 1. The monoisotopic (exact) mass is 358 g/mol. The molecule has 1 aliphatic rings. The normalized spacial score (nSPS) is 21.6. The number of ether oxygens (including phenoxy) is 1. The fraction of sp³-hybridized carbons (Fsp3) is 0.588. The molecule has 23 heavy (non-hydrogen) atoms. The van der Waals surface area contributed by atoms with Gasteiger partial charge in [0.2, 0.25) is 0 Å². The van der Waals surface area contributed by atoms with Crippen molar-refractivity contribution in [2.45, 2.75) is 64.1 Å². The van der Waals surface area contributed by atoms with Crippen LogP contribution >= 0.6 is 23.2 Å². The van der Waals surface area contributed by atoms with Crippen molar-refractivity contribution in [1.29, 1.82) is 0 Å². The number of anilines is 1. The van der Waals surface area contributed by atoms with Crippen molar-refractivity contribution >= 4 is 35.0 Å². The first kappa shape index (κ1) is 18.2. The van der Waals surface area contributed by atoms with Crippen LogP contribution in [0, 0.1) is 0 Å². The average Bonchev–Trinajstić information content (AvgIpc) is 2.43. The third kappa shape index (κ3) is 6.11. The third-order valence-corrected chi connectivity index (χ3v) is 4.30. The topological polar surface area (TPSA) is 50.4 Å². The number of alkyl carbamates (subject to hydrolysis) is 1. The predicted molar refractivity (Wildman–Crippen MR) is 95.5 cm³/mol. The Kier molecular flexibility index (Phi) is 6.04. The Morgan fingerprint density at radius 2 is 1.74 bits per heavy atom. The molecule has 1 aromatic rings. The molecule has 2 N–H and O–H groups in total. The maximum absolute atomic E-state index is 11.8. The molecule has 0 radical (unpaired) electrons. The van der Waals surface area contributed by atoms with Crippen molar-refractivity contribution in [1.82, 2.24) is 5.32 Å². The van der Waals surface area contributed by atoms with Crippen molar-refractivity contribution in [3.63, 3.8) is 0 Å². The highest BCUT2D eigenvalue weighted by Crippen LogP contribution is 2.29. The minimum absolute atomic E-state index is 0.165. The van der Waals surface area contributed by atoms with E-state index in [9.17, 15) is 4.79 Å². The molecule has 0 aliphatic heterocycles. The highest BCUT2D eigenvalue weighted by atomic mass is 35.5. The van der Waals surface area contributed by atoms with E-state index < -0.39 is 5.60 Å². The van der Waals surface area contributed by atoms with Crippen molar-refractivity contribution in [3.8, 4) is 0 Å². The molecule has 0 spiro atoms. The number of hydrogen-bond acceptors (Lipinski definition) is 3. The van der Waals surface area contributed by atoms with E-state index in [0.29, 0.717) is 16.1 Å². The standard InChI is InChI=1S/C17H24Cl2N2O2/c1-17(2,3)23-16(22)21-13-7-5-12(6-8-13)20-15-10-11(18)4-9-14(15)19/h4,9-10,12-13,20H,5-8H2,1-3H3,(H,21,22). The van der Waals surface area contributed by atoms with Crippen LogP contribution in [0.15, 0.2) is 18.2 Å². The van der Waals surface area contributed by atoms with Crippen LogP contribution in [-0.2, 0) is 4.74 Å². The van der Waals surface area contributed by atoms with Gasteiger partial charge in [-0.15, -0.1) is 0 Å². The number of nitrogens with one attached hydrogen (secondary N) is 2. The molecule has 0 saturated heterocycles. The van der Waals surface area contributed by atoms with Crippen molar-refractivity contribution in [2.24, 2.45) is 0 Å². The minimum atomic E-state index is -0.466. The van der Waals surface area contributed by atoms with Gasteiger partial charge in [-0.1, -0.05) is 23.2 Å². The smallest absolute Gasteiger partial charge is 0.407 e. The summed E-state index contributed by atoms with van der Waals surface area (Å²) in [5.74, 6) is 0. The van der Waals surface area contributed by atoms with Gasteiger partial charge in [0.25, 0.3) is 0 Å². The lowest BCUT2D eigenvalue weighted by molar-refractivity contribution is 0.0492. The fourth-order valence-electron chi connectivity index (χ4n) is 2.68. The van der Waals surface area contributed by atoms with Gasteiger partial charge in [0.15, 0.2) is 0 Å². The molecule has 0 bridgehead atoms. The van der Waals surface area contributed by atoms with E-state index in [2.05, 4.69) is 10.6 Å². The first-order valence-electron chi connectivity index (χ1n) is 7.94. The second-order valence-electron chi connectivity index (χ2n) is 6.96. The molecule has 0 aromatic heterocycles. The average molecular weight is 359 g/mol. The first-order valence-corrected chi connectivity index (χ1v) is 8.69. The largest absolute Gasteiger partial charge is 0.444 e. The zero-order chi connectivity index (χ0) is 17.0. The van der Waals surface area contributed by atoms with Crippen molar-refractivity contribution < 1.29 is 9.53 Å². The highest BCUT2D eigenvalue weighted by Gasteiger charge is 2.25. The molecule has 1 amide bonds. The summed E-state index contributed by atoms with van der Waals surface area (Å²) in [4.78, 5) is 11.8. The summed E-state index contributed by atoms with van der Waals surface area (Å²) in [6.07, 6.45) is 3.41. The summed E-state index contributed by atoms with van der Waals surface area (Å²) in [6, 6.07) is 5.91. The van der Waals surface area contributed by atoms with Gasteiger partial charge < -0.3 is 15.4 Å². The van der Waals surface area contributed by atoms with E-state index in [1.54, 1.807) is 12.1 Å². The second kappa shape index (κ2) is 7.63. The van der Waals surface area contributed by atoms with Crippen LogP contribution in [0.2, 0.25) is 10.0 Å². The second-order valence-corrected chi connectivity index (χ2v) is 7.81. The zero-order valence-electron chi connectivity index (χ0n) is 13.8. The minimum Gasteiger partial charge on any atom is -0.444 e. The summed E-state index contributed by atoms with van der Waals surface area (Å²) in [5.41, 5.74) is 0.398. The Labute approximate surface area is 147 Å². The maximum atomic E-state index is 11.8. The number of benzene rings is 1. The zero-order valence-corrected chi connectivity index (χ0v) is 15.3. The molecule has 128 valence electrons. The van der Waals surface area contributed by atoms with E-state index in [1.165, 1.54) is 0 Å². The molecule has 0 unspecified atom stereocenters. The van der Waals surface area contributed by atoms with Crippen LogP contribution in [0.1, 0.15) is 46.5 Å². The van der Waals surface area contributed by atoms with Crippen LogP contribution in [0.4, 0.5) is 10.5 Å². The van der Waals surface area contributed by atoms with Gasteiger partial charge in [-0.25, -0.2) is 4.79 Å². The molecule has 0 atom stereocenters.